The van der Waals surface area contributed by atoms with Crippen LogP contribution in [-0.4, -0.2) is 61.1 Å². The fourth-order valence-electron chi connectivity index (χ4n) is 3.42. The molecule has 2 aliphatic heterocycles. The zero-order valence-corrected chi connectivity index (χ0v) is 15.7. The first-order valence-corrected chi connectivity index (χ1v) is 9.00. The first-order valence-electron chi connectivity index (χ1n) is 9.00. The third-order valence-corrected chi connectivity index (χ3v) is 4.69. The summed E-state index contributed by atoms with van der Waals surface area (Å²) in [5.41, 5.74) is 0.867. The molecule has 2 heterocycles. The summed E-state index contributed by atoms with van der Waals surface area (Å²) in [5, 5.41) is 2.89. The van der Waals surface area contributed by atoms with Gasteiger partial charge in [-0.1, -0.05) is 0 Å². The van der Waals surface area contributed by atoms with Gasteiger partial charge in [0.15, 0.2) is 17.3 Å². The molecule has 7 nitrogen and oxygen atoms in total. The van der Waals surface area contributed by atoms with Gasteiger partial charge in [-0.05, 0) is 33.8 Å². The van der Waals surface area contributed by atoms with Gasteiger partial charge in [-0.3, -0.25) is 14.5 Å². The molecule has 1 aromatic rings. The third kappa shape index (κ3) is 3.99. The lowest BCUT2D eigenvalue weighted by atomic mass is 10.1. The summed E-state index contributed by atoms with van der Waals surface area (Å²) < 4.78 is 16.8. The first kappa shape index (κ1) is 18.7. The Morgan fingerprint density at radius 2 is 1.69 bits per heavy atom. The van der Waals surface area contributed by atoms with E-state index in [1.807, 2.05) is 20.8 Å². The molecule has 1 amide bonds. The number of carbonyl (C=O) groups excluding carboxylic acids is 2. The number of hydrogen-bond acceptors (Lipinski definition) is 6. The van der Waals surface area contributed by atoms with E-state index in [1.54, 1.807) is 12.1 Å². The largest absolute Gasteiger partial charge is 0.486 e. The number of ether oxygens (including phenoxy) is 3. The van der Waals surface area contributed by atoms with Crippen LogP contribution in [0.4, 0.5) is 5.69 Å². The Morgan fingerprint density at radius 3 is 2.27 bits per heavy atom. The van der Waals surface area contributed by atoms with Gasteiger partial charge in [-0.15, -0.1) is 0 Å². The van der Waals surface area contributed by atoms with Gasteiger partial charge in [0.05, 0.1) is 23.9 Å². The summed E-state index contributed by atoms with van der Waals surface area (Å²) in [6.07, 6.45) is 0.159. The highest BCUT2D eigenvalue weighted by Crippen LogP contribution is 2.36. The molecule has 0 spiro atoms. The molecule has 1 N–H and O–H groups in total. The smallest absolute Gasteiger partial charge is 0.241 e. The number of nitrogens with zero attached hydrogens (tertiary/aromatic N) is 1. The van der Waals surface area contributed by atoms with Gasteiger partial charge >= 0.3 is 0 Å². The van der Waals surface area contributed by atoms with Crippen LogP contribution in [0.3, 0.4) is 0 Å². The van der Waals surface area contributed by atoms with E-state index in [2.05, 4.69) is 10.2 Å². The Hall–Kier alpha value is -2.12. The van der Waals surface area contributed by atoms with Gasteiger partial charge in [-0.25, -0.2) is 0 Å². The Morgan fingerprint density at radius 1 is 1.12 bits per heavy atom. The second-order valence-corrected chi connectivity index (χ2v) is 6.97. The zero-order chi connectivity index (χ0) is 18.8. The van der Waals surface area contributed by atoms with Crippen LogP contribution in [0.5, 0.6) is 11.5 Å². The molecule has 0 saturated carbocycles. The van der Waals surface area contributed by atoms with Crippen molar-refractivity contribution in [3.05, 3.63) is 17.7 Å². The van der Waals surface area contributed by atoms with Crippen molar-refractivity contribution in [2.75, 3.05) is 31.6 Å². The van der Waals surface area contributed by atoms with Crippen LogP contribution in [0.15, 0.2) is 12.1 Å². The number of fused-ring (bicyclic) bond motifs is 1. The van der Waals surface area contributed by atoms with Crippen LogP contribution in [0.1, 0.15) is 38.1 Å². The summed E-state index contributed by atoms with van der Waals surface area (Å²) in [6.45, 7) is 9.62. The van der Waals surface area contributed by atoms with E-state index in [-0.39, 0.29) is 29.9 Å². The number of benzene rings is 1. The molecule has 3 atom stereocenters. The van der Waals surface area contributed by atoms with Gasteiger partial charge in [0.25, 0.3) is 0 Å². The maximum atomic E-state index is 12.8. The fourth-order valence-corrected chi connectivity index (χ4v) is 3.42. The molecular weight excluding hydrogens is 336 g/mol. The molecule has 7 heteroatoms. The predicted molar refractivity (Wildman–Crippen MR) is 97.1 cm³/mol. The molecule has 0 bridgehead atoms. The van der Waals surface area contributed by atoms with E-state index >= 15 is 0 Å². The number of hydrogen-bond donors (Lipinski definition) is 1. The standard InChI is InChI=1S/C19H26N2O5/c1-11-9-21(10-12(2)26-11)13(3)19(23)20-16-8-18-17(24-5-6-25-18)7-15(16)14(4)22/h7-8,11-13H,5-6,9-10H2,1-4H3,(H,20,23)/t11-,12+,13?. The monoisotopic (exact) mass is 362 g/mol. The summed E-state index contributed by atoms with van der Waals surface area (Å²) in [6, 6.07) is 2.97. The van der Waals surface area contributed by atoms with Crippen molar-refractivity contribution >= 4 is 17.4 Å². The van der Waals surface area contributed by atoms with Crippen LogP contribution < -0.4 is 14.8 Å². The van der Waals surface area contributed by atoms with Gasteiger partial charge in [-0.2, -0.15) is 0 Å². The van der Waals surface area contributed by atoms with Gasteiger partial charge in [0.2, 0.25) is 5.91 Å². The van der Waals surface area contributed by atoms with Gasteiger partial charge < -0.3 is 19.5 Å². The van der Waals surface area contributed by atoms with E-state index in [0.29, 0.717) is 49.1 Å². The Labute approximate surface area is 153 Å². The minimum atomic E-state index is -0.336. The van der Waals surface area contributed by atoms with E-state index in [1.165, 1.54) is 6.92 Å². The highest BCUT2D eigenvalue weighted by Gasteiger charge is 2.30. The van der Waals surface area contributed by atoms with Crippen molar-refractivity contribution < 1.29 is 23.8 Å². The number of rotatable bonds is 4. The van der Waals surface area contributed by atoms with Crippen molar-refractivity contribution in [3.8, 4) is 11.5 Å². The third-order valence-electron chi connectivity index (χ3n) is 4.69. The Balaban J connectivity index is 1.78. The average Bonchev–Trinajstić information content (AvgIpc) is 2.59. The van der Waals surface area contributed by atoms with Gasteiger partial charge in [0.1, 0.15) is 13.2 Å². The second kappa shape index (κ2) is 7.63. The van der Waals surface area contributed by atoms with Crippen molar-refractivity contribution in [2.24, 2.45) is 0 Å². The molecular formula is C19H26N2O5. The van der Waals surface area contributed by atoms with Crippen molar-refractivity contribution in [3.63, 3.8) is 0 Å². The molecule has 1 unspecified atom stereocenters. The summed E-state index contributed by atoms with van der Waals surface area (Å²) in [7, 11) is 0. The van der Waals surface area contributed by atoms with Crippen molar-refractivity contribution in [1.29, 1.82) is 0 Å². The molecule has 3 rings (SSSR count). The molecule has 0 aromatic heterocycles. The van der Waals surface area contributed by atoms with Gasteiger partial charge in [0, 0.05) is 24.7 Å². The molecule has 1 fully saturated rings. The molecule has 0 radical (unpaired) electrons. The Bertz CT molecular complexity index is 695. The maximum absolute atomic E-state index is 12.8. The van der Waals surface area contributed by atoms with Crippen molar-refractivity contribution in [1.82, 2.24) is 4.90 Å². The second-order valence-electron chi connectivity index (χ2n) is 6.97. The molecule has 142 valence electrons. The number of anilines is 1. The highest BCUT2D eigenvalue weighted by molar-refractivity contribution is 6.05. The normalized spacial score (nSPS) is 24.0. The predicted octanol–water partition coefficient (Wildman–Crippen LogP) is 2.10. The van der Waals surface area contributed by atoms with Crippen LogP contribution in [0.25, 0.3) is 0 Å². The number of morpholine rings is 1. The lowest BCUT2D eigenvalue weighted by Crippen LogP contribution is -2.52. The van der Waals surface area contributed by atoms with Crippen molar-refractivity contribution in [2.45, 2.75) is 45.9 Å². The van der Waals surface area contributed by atoms with Crippen LogP contribution in [0, 0.1) is 0 Å². The van der Waals surface area contributed by atoms with Crippen LogP contribution in [-0.2, 0) is 9.53 Å². The number of ketones is 1. The molecule has 0 aliphatic carbocycles. The number of carbonyl (C=O) groups is 2. The number of amides is 1. The molecule has 1 aromatic carbocycles. The maximum Gasteiger partial charge on any atom is 0.241 e. The minimum absolute atomic E-state index is 0.0797. The van der Waals surface area contributed by atoms with Crippen LogP contribution in [0.2, 0.25) is 0 Å². The topological polar surface area (TPSA) is 77.1 Å². The fraction of sp³-hybridized carbons (Fsp3) is 0.579. The van der Waals surface area contributed by atoms with E-state index in [9.17, 15) is 9.59 Å². The molecule has 26 heavy (non-hydrogen) atoms. The number of nitrogens with one attached hydrogen (secondary N) is 1. The van der Waals surface area contributed by atoms with E-state index in [0.717, 1.165) is 0 Å². The van der Waals surface area contributed by atoms with Crippen LogP contribution >= 0.6 is 0 Å². The summed E-state index contributed by atoms with van der Waals surface area (Å²) >= 11 is 0. The highest BCUT2D eigenvalue weighted by atomic mass is 16.6. The zero-order valence-electron chi connectivity index (χ0n) is 15.7. The number of Topliss-reactive ketones (excluding diaryl/α,β-unsaturated/α-hetero) is 1. The minimum Gasteiger partial charge on any atom is -0.486 e. The lowest BCUT2D eigenvalue weighted by Gasteiger charge is -2.38. The van der Waals surface area contributed by atoms with E-state index < -0.39 is 0 Å². The summed E-state index contributed by atoms with van der Waals surface area (Å²) in [5.74, 6) is 0.769. The Kier molecular flexibility index (Phi) is 5.48. The molecule has 1 saturated heterocycles. The summed E-state index contributed by atoms with van der Waals surface area (Å²) in [4.78, 5) is 26.9. The SMILES string of the molecule is CC(=O)c1cc2c(cc1NC(=O)C(C)N1C[C@@H](C)O[C@@H](C)C1)OCCO2. The quantitative estimate of drug-likeness (QED) is 0.827. The lowest BCUT2D eigenvalue weighted by molar-refractivity contribution is -0.126. The van der Waals surface area contributed by atoms with E-state index in [4.69, 9.17) is 14.2 Å². The average molecular weight is 362 g/mol. The first-order chi connectivity index (χ1) is 12.3. The molecule has 2 aliphatic rings.